The molecule has 9 heteroatoms. The number of anilines is 1. The van der Waals surface area contributed by atoms with Gasteiger partial charge in [-0.3, -0.25) is 14.3 Å². The molecule has 0 aliphatic rings. The Balaban J connectivity index is 1.35. The van der Waals surface area contributed by atoms with Crippen molar-refractivity contribution in [3.63, 3.8) is 0 Å². The van der Waals surface area contributed by atoms with E-state index in [9.17, 15) is 18.4 Å². The molecule has 5 rings (SSSR count). The highest BCUT2D eigenvalue weighted by atomic mass is 19.1. The number of nitrogens with one attached hydrogen (secondary N) is 3. The highest BCUT2D eigenvalue weighted by Crippen LogP contribution is 2.22. The average Bonchev–Trinajstić information content (AvgIpc) is 3.39. The number of rotatable bonds is 5. The van der Waals surface area contributed by atoms with Gasteiger partial charge in [-0.2, -0.15) is 5.10 Å². The minimum Gasteiger partial charge on any atom is -0.354 e. The number of amides is 1. The molecule has 0 radical (unpaired) electrons. The molecular weight excluding hydrogens is 428 g/mol. The molecule has 0 fully saturated rings. The second kappa shape index (κ2) is 8.19. The summed E-state index contributed by atoms with van der Waals surface area (Å²) >= 11 is 0. The third-order valence-electron chi connectivity index (χ3n) is 5.14. The molecule has 3 heterocycles. The molecular formula is C24H17F2N5O2. The lowest BCUT2D eigenvalue weighted by Crippen LogP contribution is -2.16. The molecule has 0 aliphatic heterocycles. The van der Waals surface area contributed by atoms with Gasteiger partial charge >= 0.3 is 0 Å². The van der Waals surface area contributed by atoms with Crippen LogP contribution in [0.25, 0.3) is 22.2 Å². The molecule has 0 saturated heterocycles. The quantitative estimate of drug-likeness (QED) is 0.376. The van der Waals surface area contributed by atoms with Gasteiger partial charge in [0.05, 0.1) is 35.2 Å². The van der Waals surface area contributed by atoms with Crippen LogP contribution >= 0.6 is 0 Å². The molecule has 33 heavy (non-hydrogen) atoms. The lowest BCUT2D eigenvalue weighted by molar-refractivity contribution is 0.102. The van der Waals surface area contributed by atoms with E-state index in [0.29, 0.717) is 22.5 Å². The Labute approximate surface area is 185 Å². The first-order valence-corrected chi connectivity index (χ1v) is 10.0. The molecule has 3 aromatic heterocycles. The van der Waals surface area contributed by atoms with E-state index in [1.165, 1.54) is 35.3 Å². The summed E-state index contributed by atoms with van der Waals surface area (Å²) in [5.41, 5.74) is 2.54. The molecule has 0 atom stereocenters. The van der Waals surface area contributed by atoms with Gasteiger partial charge in [-0.05, 0) is 35.9 Å². The third kappa shape index (κ3) is 4.29. The summed E-state index contributed by atoms with van der Waals surface area (Å²) in [6, 6.07) is 14.2. The van der Waals surface area contributed by atoms with Gasteiger partial charge in [0.2, 0.25) is 0 Å². The number of benzene rings is 2. The predicted molar refractivity (Wildman–Crippen MR) is 120 cm³/mol. The Hall–Kier alpha value is -4.53. The molecule has 0 saturated carbocycles. The summed E-state index contributed by atoms with van der Waals surface area (Å²) in [6.07, 6.45) is 4.31. The number of carbonyl (C=O) groups excluding carboxylic acids is 1. The Morgan fingerprint density at radius 3 is 2.64 bits per heavy atom. The zero-order valence-corrected chi connectivity index (χ0v) is 17.1. The van der Waals surface area contributed by atoms with E-state index < -0.39 is 17.5 Å². The summed E-state index contributed by atoms with van der Waals surface area (Å²) < 4.78 is 28.2. The van der Waals surface area contributed by atoms with E-state index in [2.05, 4.69) is 20.4 Å². The summed E-state index contributed by atoms with van der Waals surface area (Å²) in [7, 11) is 0. The van der Waals surface area contributed by atoms with Crippen molar-refractivity contribution in [2.24, 2.45) is 0 Å². The number of para-hydroxylation sites is 1. The number of aromatic amines is 2. The molecule has 0 spiro atoms. The number of halogens is 2. The average molecular weight is 445 g/mol. The van der Waals surface area contributed by atoms with Crippen LogP contribution in [0.4, 0.5) is 14.5 Å². The van der Waals surface area contributed by atoms with Crippen LogP contribution in [0.3, 0.4) is 0 Å². The number of hydrogen-bond donors (Lipinski definition) is 3. The fourth-order valence-corrected chi connectivity index (χ4v) is 3.64. The second-order valence-electron chi connectivity index (χ2n) is 7.56. The van der Waals surface area contributed by atoms with Crippen LogP contribution in [-0.4, -0.2) is 25.7 Å². The lowest BCUT2D eigenvalue weighted by Gasteiger charge is -2.05. The van der Waals surface area contributed by atoms with Gasteiger partial charge in [-0.1, -0.05) is 18.2 Å². The Bertz CT molecular complexity index is 1500. The summed E-state index contributed by atoms with van der Waals surface area (Å²) in [4.78, 5) is 30.9. The van der Waals surface area contributed by atoms with E-state index in [-0.39, 0.29) is 17.7 Å². The Morgan fingerprint density at radius 1 is 1.06 bits per heavy atom. The topological polar surface area (TPSA) is 95.6 Å². The maximum absolute atomic E-state index is 13.4. The van der Waals surface area contributed by atoms with Crippen molar-refractivity contribution in [3.8, 4) is 11.3 Å². The number of pyridine rings is 1. The SMILES string of the molecule is O=C(Nc1cnn(Cc2cc(F)cc(F)c2)c1)c1c[nH]c(=O)c(-c2cc3ccccc3[nH]2)c1. The van der Waals surface area contributed by atoms with Crippen LogP contribution < -0.4 is 10.9 Å². The first kappa shape index (κ1) is 20.4. The number of aromatic nitrogens is 4. The van der Waals surface area contributed by atoms with Crippen molar-refractivity contribution >= 4 is 22.5 Å². The fourth-order valence-electron chi connectivity index (χ4n) is 3.64. The van der Waals surface area contributed by atoms with Gasteiger partial charge in [-0.15, -0.1) is 0 Å². The molecule has 164 valence electrons. The molecule has 5 aromatic rings. The predicted octanol–water partition coefficient (Wildman–Crippen LogP) is 4.30. The smallest absolute Gasteiger partial charge is 0.257 e. The van der Waals surface area contributed by atoms with Crippen molar-refractivity contribution in [2.45, 2.75) is 6.54 Å². The first-order chi connectivity index (χ1) is 15.9. The molecule has 0 bridgehead atoms. The summed E-state index contributed by atoms with van der Waals surface area (Å²) in [6.45, 7) is 0.133. The Kier molecular flexibility index (Phi) is 5.06. The minimum absolute atomic E-state index is 0.133. The standard InChI is InChI=1S/C24H17F2N5O2/c25-17-5-14(6-18(26)9-17)12-31-13-19(11-28-31)29-23(32)16-7-20(24(33)27-10-16)22-8-15-3-1-2-4-21(15)30-22/h1-11,13,30H,12H2,(H,27,33)(H,29,32). The van der Waals surface area contributed by atoms with E-state index >= 15 is 0 Å². The van der Waals surface area contributed by atoms with Crippen molar-refractivity contribution in [1.82, 2.24) is 19.7 Å². The molecule has 2 aromatic carbocycles. The fraction of sp³-hybridized carbons (Fsp3) is 0.0417. The van der Waals surface area contributed by atoms with Crippen LogP contribution in [0.1, 0.15) is 15.9 Å². The highest BCUT2D eigenvalue weighted by Gasteiger charge is 2.13. The van der Waals surface area contributed by atoms with Gasteiger partial charge in [0, 0.05) is 29.4 Å². The van der Waals surface area contributed by atoms with Crippen LogP contribution in [0.2, 0.25) is 0 Å². The zero-order valence-electron chi connectivity index (χ0n) is 17.1. The maximum Gasteiger partial charge on any atom is 0.257 e. The van der Waals surface area contributed by atoms with E-state index in [0.717, 1.165) is 17.0 Å². The summed E-state index contributed by atoms with van der Waals surface area (Å²) in [5, 5.41) is 7.78. The lowest BCUT2D eigenvalue weighted by atomic mass is 10.1. The van der Waals surface area contributed by atoms with Crippen LogP contribution in [0.15, 0.2) is 78.0 Å². The van der Waals surface area contributed by atoms with Crippen LogP contribution in [0, 0.1) is 11.6 Å². The van der Waals surface area contributed by atoms with E-state index in [1.54, 1.807) is 6.20 Å². The second-order valence-corrected chi connectivity index (χ2v) is 7.56. The van der Waals surface area contributed by atoms with E-state index in [4.69, 9.17) is 0 Å². The number of H-pyrrole nitrogens is 2. The normalized spacial score (nSPS) is 11.1. The molecule has 1 amide bonds. The van der Waals surface area contributed by atoms with Gasteiger partial charge in [0.15, 0.2) is 0 Å². The maximum atomic E-state index is 13.4. The van der Waals surface area contributed by atoms with E-state index in [1.807, 2.05) is 30.3 Å². The highest BCUT2D eigenvalue weighted by molar-refractivity contribution is 6.04. The molecule has 7 nitrogen and oxygen atoms in total. The largest absolute Gasteiger partial charge is 0.354 e. The van der Waals surface area contributed by atoms with Crippen LogP contribution in [-0.2, 0) is 6.54 Å². The van der Waals surface area contributed by atoms with Gasteiger partial charge < -0.3 is 15.3 Å². The monoisotopic (exact) mass is 445 g/mol. The van der Waals surface area contributed by atoms with Gasteiger partial charge in [0.25, 0.3) is 11.5 Å². The zero-order chi connectivity index (χ0) is 22.9. The number of hydrogen-bond acceptors (Lipinski definition) is 3. The van der Waals surface area contributed by atoms with Crippen LogP contribution in [0.5, 0.6) is 0 Å². The minimum atomic E-state index is -0.672. The first-order valence-electron chi connectivity index (χ1n) is 10.0. The van der Waals surface area contributed by atoms with Crippen molar-refractivity contribution in [1.29, 1.82) is 0 Å². The van der Waals surface area contributed by atoms with Gasteiger partial charge in [0.1, 0.15) is 11.6 Å². The van der Waals surface area contributed by atoms with Gasteiger partial charge in [-0.25, -0.2) is 8.78 Å². The Morgan fingerprint density at radius 2 is 1.85 bits per heavy atom. The molecule has 3 N–H and O–H groups in total. The summed E-state index contributed by atoms with van der Waals surface area (Å²) in [5.74, 6) is -1.79. The molecule has 0 aliphatic carbocycles. The van der Waals surface area contributed by atoms with Crippen molar-refractivity contribution < 1.29 is 13.6 Å². The van der Waals surface area contributed by atoms with Crippen molar-refractivity contribution in [2.75, 3.05) is 5.32 Å². The molecule has 0 unspecified atom stereocenters. The third-order valence-corrected chi connectivity index (χ3v) is 5.14. The van der Waals surface area contributed by atoms with Crippen molar-refractivity contribution in [3.05, 3.63) is 106 Å². The number of nitrogens with zero attached hydrogens (tertiary/aromatic N) is 2. The number of fused-ring (bicyclic) bond motifs is 1. The number of carbonyl (C=O) groups is 1.